The van der Waals surface area contributed by atoms with Gasteiger partial charge >= 0.3 is 5.97 Å². The average molecular weight is 332 g/mol. The highest BCUT2D eigenvalue weighted by Gasteiger charge is 2.20. The average Bonchev–Trinajstić information content (AvgIpc) is 2.44. The van der Waals surface area contributed by atoms with Crippen molar-refractivity contribution in [1.29, 1.82) is 0 Å². The highest BCUT2D eigenvalue weighted by atomic mass is 35.5. The van der Waals surface area contributed by atoms with Gasteiger partial charge in [0.2, 0.25) is 0 Å². The Morgan fingerprint density at radius 2 is 2.05 bits per heavy atom. The van der Waals surface area contributed by atoms with Crippen molar-refractivity contribution in [3.63, 3.8) is 0 Å². The molecule has 0 amide bonds. The number of carboxylic acids is 1. The molecule has 0 spiro atoms. The molecule has 118 valence electrons. The topological polar surface area (TPSA) is 49.3 Å². The number of benzene rings is 1. The molecule has 1 aromatic carbocycles. The summed E-state index contributed by atoms with van der Waals surface area (Å²) < 4.78 is 0. The predicted octanol–water partition coefficient (Wildman–Crippen LogP) is 4.55. The fourth-order valence-corrected chi connectivity index (χ4v) is 2.73. The summed E-state index contributed by atoms with van der Waals surface area (Å²) in [6.07, 6.45) is 4.08. The zero-order chi connectivity index (χ0) is 15.8. The highest BCUT2D eigenvalue weighted by molar-refractivity contribution is 6.35. The van der Waals surface area contributed by atoms with E-state index in [1.807, 2.05) is 13.0 Å². The van der Waals surface area contributed by atoms with Gasteiger partial charge in [-0.15, -0.1) is 0 Å². The molecule has 0 aliphatic heterocycles. The fraction of sp³-hybridized carbons (Fsp3) is 0.562. The van der Waals surface area contributed by atoms with Crippen molar-refractivity contribution < 1.29 is 9.90 Å². The van der Waals surface area contributed by atoms with Crippen LogP contribution in [0.2, 0.25) is 10.0 Å². The van der Waals surface area contributed by atoms with Crippen LogP contribution >= 0.6 is 23.2 Å². The summed E-state index contributed by atoms with van der Waals surface area (Å²) in [5.74, 6) is -0.788. The molecule has 0 fully saturated rings. The van der Waals surface area contributed by atoms with E-state index in [1.54, 1.807) is 12.1 Å². The van der Waals surface area contributed by atoms with E-state index < -0.39 is 12.0 Å². The second-order valence-electron chi connectivity index (χ2n) is 5.24. The number of carbonyl (C=O) groups is 1. The first kappa shape index (κ1) is 18.3. The van der Waals surface area contributed by atoms with E-state index in [0.717, 1.165) is 24.8 Å². The Hall–Kier alpha value is -0.770. The number of rotatable bonds is 9. The summed E-state index contributed by atoms with van der Waals surface area (Å²) in [6, 6.07) is 5.01. The zero-order valence-corrected chi connectivity index (χ0v) is 14.0. The minimum atomic E-state index is -0.788. The Morgan fingerprint density at radius 1 is 1.33 bits per heavy atom. The molecule has 0 aromatic heterocycles. The molecule has 1 rings (SSSR count). The van der Waals surface area contributed by atoms with Crippen LogP contribution < -0.4 is 5.32 Å². The third kappa shape index (κ3) is 6.25. The first-order valence-electron chi connectivity index (χ1n) is 7.40. The molecule has 5 heteroatoms. The van der Waals surface area contributed by atoms with E-state index >= 15 is 0 Å². The molecule has 0 radical (unpaired) electrons. The monoisotopic (exact) mass is 331 g/mol. The van der Waals surface area contributed by atoms with Crippen molar-refractivity contribution in [2.24, 2.45) is 0 Å². The van der Waals surface area contributed by atoms with Crippen LogP contribution in [0, 0.1) is 0 Å². The van der Waals surface area contributed by atoms with Crippen LogP contribution in [0.1, 0.15) is 45.1 Å². The van der Waals surface area contributed by atoms with Gasteiger partial charge in [-0.1, -0.05) is 56.0 Å². The van der Waals surface area contributed by atoms with Crippen LogP contribution in [0.4, 0.5) is 0 Å². The van der Waals surface area contributed by atoms with Gasteiger partial charge in [0.1, 0.15) is 6.04 Å². The van der Waals surface area contributed by atoms with Gasteiger partial charge in [-0.25, -0.2) is 0 Å². The normalized spacial score (nSPS) is 13.9. The van der Waals surface area contributed by atoms with Gasteiger partial charge in [-0.3, -0.25) is 4.79 Å². The number of aliphatic carboxylic acids is 1. The molecule has 0 heterocycles. The summed E-state index contributed by atoms with van der Waals surface area (Å²) in [4.78, 5) is 11.3. The van der Waals surface area contributed by atoms with Crippen molar-refractivity contribution in [2.45, 2.75) is 58.0 Å². The molecule has 2 atom stereocenters. The lowest BCUT2D eigenvalue weighted by atomic mass is 10.0. The molecular formula is C16H23Cl2NO2. The summed E-state index contributed by atoms with van der Waals surface area (Å²) in [7, 11) is 0. The van der Waals surface area contributed by atoms with Gasteiger partial charge < -0.3 is 10.4 Å². The van der Waals surface area contributed by atoms with Crippen LogP contribution in [0.3, 0.4) is 0 Å². The van der Waals surface area contributed by atoms with Gasteiger partial charge in [0.05, 0.1) is 0 Å². The molecule has 0 saturated carbocycles. The molecule has 2 unspecified atom stereocenters. The lowest BCUT2D eigenvalue weighted by Gasteiger charge is -2.23. The quantitative estimate of drug-likeness (QED) is 0.697. The molecule has 1 aromatic rings. The molecule has 21 heavy (non-hydrogen) atoms. The van der Waals surface area contributed by atoms with Gasteiger partial charge in [-0.05, 0) is 37.0 Å². The van der Waals surface area contributed by atoms with Crippen LogP contribution in [0.5, 0.6) is 0 Å². The van der Waals surface area contributed by atoms with E-state index in [-0.39, 0.29) is 6.04 Å². The van der Waals surface area contributed by atoms with Crippen molar-refractivity contribution in [2.75, 3.05) is 0 Å². The molecule has 0 saturated heterocycles. The SMILES string of the molecule is CCCCC(NC(CC)Cc1ccc(Cl)cc1Cl)C(=O)O. The van der Waals surface area contributed by atoms with Gasteiger partial charge in [0, 0.05) is 16.1 Å². The second-order valence-corrected chi connectivity index (χ2v) is 6.09. The summed E-state index contributed by atoms with van der Waals surface area (Å²) in [5.41, 5.74) is 0.986. The van der Waals surface area contributed by atoms with E-state index in [1.165, 1.54) is 0 Å². The molecular weight excluding hydrogens is 309 g/mol. The van der Waals surface area contributed by atoms with Crippen LogP contribution in [-0.4, -0.2) is 23.2 Å². The third-order valence-corrected chi connectivity index (χ3v) is 4.14. The maximum absolute atomic E-state index is 11.3. The number of halogens is 2. The van der Waals surface area contributed by atoms with Crippen molar-refractivity contribution in [3.8, 4) is 0 Å². The second kappa shape index (κ2) is 9.29. The van der Waals surface area contributed by atoms with Gasteiger partial charge in [0.25, 0.3) is 0 Å². The molecule has 3 nitrogen and oxygen atoms in total. The minimum absolute atomic E-state index is 0.0848. The number of carboxylic acid groups (broad SMARTS) is 1. The Kier molecular flexibility index (Phi) is 8.09. The Labute approximate surface area is 136 Å². The van der Waals surface area contributed by atoms with Crippen molar-refractivity contribution >= 4 is 29.2 Å². The number of nitrogens with one attached hydrogen (secondary N) is 1. The smallest absolute Gasteiger partial charge is 0.320 e. The van der Waals surface area contributed by atoms with Crippen molar-refractivity contribution in [3.05, 3.63) is 33.8 Å². The largest absolute Gasteiger partial charge is 0.480 e. The van der Waals surface area contributed by atoms with E-state index in [9.17, 15) is 9.90 Å². The molecule has 0 aliphatic carbocycles. The molecule has 2 N–H and O–H groups in total. The fourth-order valence-electron chi connectivity index (χ4n) is 2.24. The number of hydrogen-bond acceptors (Lipinski definition) is 2. The summed E-state index contributed by atoms with van der Waals surface area (Å²) >= 11 is 12.1. The molecule has 0 aliphatic rings. The maximum atomic E-state index is 11.3. The Balaban J connectivity index is 2.70. The van der Waals surface area contributed by atoms with Crippen LogP contribution in [-0.2, 0) is 11.2 Å². The van der Waals surface area contributed by atoms with Crippen molar-refractivity contribution in [1.82, 2.24) is 5.32 Å². The summed E-state index contributed by atoms with van der Waals surface area (Å²) in [5, 5.41) is 13.8. The van der Waals surface area contributed by atoms with Gasteiger partial charge in [0.15, 0.2) is 0 Å². The lowest BCUT2D eigenvalue weighted by molar-refractivity contribution is -0.139. The van der Waals surface area contributed by atoms with Crippen LogP contribution in [0.15, 0.2) is 18.2 Å². The van der Waals surface area contributed by atoms with E-state index in [2.05, 4.69) is 12.2 Å². The predicted molar refractivity (Wildman–Crippen MR) is 88.3 cm³/mol. The maximum Gasteiger partial charge on any atom is 0.320 e. The Morgan fingerprint density at radius 3 is 2.57 bits per heavy atom. The van der Waals surface area contributed by atoms with E-state index in [0.29, 0.717) is 22.9 Å². The third-order valence-electron chi connectivity index (χ3n) is 3.56. The zero-order valence-electron chi connectivity index (χ0n) is 12.5. The number of hydrogen-bond donors (Lipinski definition) is 2. The van der Waals surface area contributed by atoms with Crippen LogP contribution in [0.25, 0.3) is 0 Å². The summed E-state index contributed by atoms with van der Waals surface area (Å²) in [6.45, 7) is 4.10. The Bertz CT molecular complexity index is 466. The van der Waals surface area contributed by atoms with Gasteiger partial charge in [-0.2, -0.15) is 0 Å². The standard InChI is InChI=1S/C16H23Cl2NO2/c1-3-5-6-15(16(20)21)19-13(4-2)9-11-7-8-12(17)10-14(11)18/h7-8,10,13,15,19H,3-6,9H2,1-2H3,(H,20,21). The first-order chi connectivity index (χ1) is 9.97. The highest BCUT2D eigenvalue weighted by Crippen LogP contribution is 2.22. The number of unbranched alkanes of at least 4 members (excludes halogenated alkanes) is 1. The van der Waals surface area contributed by atoms with E-state index in [4.69, 9.17) is 23.2 Å². The minimum Gasteiger partial charge on any atom is -0.480 e. The molecule has 0 bridgehead atoms. The first-order valence-corrected chi connectivity index (χ1v) is 8.16. The lowest BCUT2D eigenvalue weighted by Crippen LogP contribution is -2.44.